The first-order chi connectivity index (χ1) is 9.68. The van der Waals surface area contributed by atoms with Crippen LogP contribution in [-0.2, 0) is 9.59 Å². The van der Waals surface area contributed by atoms with E-state index in [1.165, 1.54) is 5.57 Å². The summed E-state index contributed by atoms with van der Waals surface area (Å²) >= 11 is 0. The summed E-state index contributed by atoms with van der Waals surface area (Å²) in [6.07, 6.45) is 5.85. The molecule has 0 saturated carbocycles. The second-order valence-corrected chi connectivity index (χ2v) is 5.32. The Bertz CT molecular complexity index is 613. The summed E-state index contributed by atoms with van der Waals surface area (Å²) in [5, 5.41) is 0. The van der Waals surface area contributed by atoms with Crippen molar-refractivity contribution in [1.29, 1.82) is 0 Å². The molecule has 0 N–H and O–H groups in total. The van der Waals surface area contributed by atoms with Crippen LogP contribution in [0.25, 0.3) is 0 Å². The van der Waals surface area contributed by atoms with Crippen molar-refractivity contribution in [3.8, 4) is 0 Å². The minimum Gasteiger partial charge on any atom is -0.320 e. The van der Waals surface area contributed by atoms with Gasteiger partial charge >= 0.3 is 0 Å². The molecular formula is C17H17NO2. The Morgan fingerprint density at radius 2 is 2.00 bits per heavy atom. The Hall–Kier alpha value is -2.16. The standard InChI is InChI=1S/C17H17NO2/c1-12(19)16(13-7-3-2-4-8-13)18-11-14-9-5-6-10-15(14)17(18)20/h2-4,6-8,10,16H,5,9,11H2,1H3. The Balaban J connectivity index is 1.94. The van der Waals surface area contributed by atoms with Crippen molar-refractivity contribution in [1.82, 2.24) is 4.90 Å². The molecule has 1 atom stereocenters. The van der Waals surface area contributed by atoms with Crippen molar-refractivity contribution in [2.75, 3.05) is 6.54 Å². The van der Waals surface area contributed by atoms with E-state index in [0.29, 0.717) is 6.54 Å². The number of ketones is 1. The molecule has 3 heteroatoms. The fourth-order valence-corrected chi connectivity index (χ4v) is 3.01. The van der Waals surface area contributed by atoms with Crippen LogP contribution >= 0.6 is 0 Å². The van der Waals surface area contributed by atoms with Gasteiger partial charge in [0.15, 0.2) is 5.78 Å². The highest BCUT2D eigenvalue weighted by atomic mass is 16.2. The quantitative estimate of drug-likeness (QED) is 0.844. The van der Waals surface area contributed by atoms with Gasteiger partial charge in [-0.05, 0) is 30.9 Å². The molecule has 1 heterocycles. The van der Waals surface area contributed by atoms with Gasteiger partial charge in [-0.25, -0.2) is 0 Å². The molecule has 0 bridgehead atoms. The first-order valence-electron chi connectivity index (χ1n) is 6.93. The molecule has 0 spiro atoms. The van der Waals surface area contributed by atoms with Gasteiger partial charge in [-0.3, -0.25) is 9.59 Å². The second-order valence-electron chi connectivity index (χ2n) is 5.32. The summed E-state index contributed by atoms with van der Waals surface area (Å²) in [4.78, 5) is 26.3. The van der Waals surface area contributed by atoms with Crippen LogP contribution in [0, 0.1) is 0 Å². The minimum absolute atomic E-state index is 0.00776. The van der Waals surface area contributed by atoms with Crippen LogP contribution in [0.1, 0.15) is 31.4 Å². The zero-order valence-electron chi connectivity index (χ0n) is 11.5. The van der Waals surface area contributed by atoms with Gasteiger partial charge in [0.25, 0.3) is 5.91 Å². The molecule has 3 nitrogen and oxygen atoms in total. The highest BCUT2D eigenvalue weighted by Gasteiger charge is 2.36. The first-order valence-corrected chi connectivity index (χ1v) is 6.93. The van der Waals surface area contributed by atoms with Crippen molar-refractivity contribution in [2.45, 2.75) is 25.8 Å². The normalized spacial score (nSPS) is 19.2. The Kier molecular flexibility index (Phi) is 3.26. The van der Waals surface area contributed by atoms with E-state index < -0.39 is 6.04 Å². The van der Waals surface area contributed by atoms with Crippen molar-refractivity contribution >= 4 is 11.7 Å². The van der Waals surface area contributed by atoms with Crippen LogP contribution < -0.4 is 0 Å². The third kappa shape index (κ3) is 2.09. The van der Waals surface area contributed by atoms with Gasteiger partial charge in [0.2, 0.25) is 0 Å². The van der Waals surface area contributed by atoms with Crippen LogP contribution in [0.5, 0.6) is 0 Å². The van der Waals surface area contributed by atoms with Gasteiger partial charge < -0.3 is 4.90 Å². The number of rotatable bonds is 3. The third-order valence-corrected chi connectivity index (χ3v) is 3.94. The van der Waals surface area contributed by atoms with E-state index in [-0.39, 0.29) is 11.7 Å². The minimum atomic E-state index is -0.470. The molecule has 2 aliphatic rings. The Morgan fingerprint density at radius 1 is 1.25 bits per heavy atom. The molecule has 0 saturated heterocycles. The molecule has 20 heavy (non-hydrogen) atoms. The monoisotopic (exact) mass is 267 g/mol. The van der Waals surface area contributed by atoms with E-state index in [2.05, 4.69) is 0 Å². The van der Waals surface area contributed by atoms with Crippen molar-refractivity contribution in [3.63, 3.8) is 0 Å². The largest absolute Gasteiger partial charge is 0.320 e. The molecule has 0 radical (unpaired) electrons. The van der Waals surface area contributed by atoms with Gasteiger partial charge in [0.1, 0.15) is 6.04 Å². The summed E-state index contributed by atoms with van der Waals surface area (Å²) in [6.45, 7) is 2.13. The number of Topliss-reactive ketones (excluding diaryl/α,β-unsaturated/α-hetero) is 1. The highest BCUT2D eigenvalue weighted by Crippen LogP contribution is 2.34. The first kappa shape index (κ1) is 12.9. The van der Waals surface area contributed by atoms with E-state index in [1.54, 1.807) is 11.8 Å². The number of allylic oxidation sites excluding steroid dienone is 1. The van der Waals surface area contributed by atoms with Gasteiger partial charge in [-0.15, -0.1) is 0 Å². The molecule has 0 fully saturated rings. The van der Waals surface area contributed by atoms with Gasteiger partial charge in [-0.1, -0.05) is 42.5 Å². The number of carbonyl (C=O) groups is 2. The fraction of sp³-hybridized carbons (Fsp3) is 0.294. The van der Waals surface area contributed by atoms with Crippen LogP contribution in [-0.4, -0.2) is 23.1 Å². The number of hydrogen-bond acceptors (Lipinski definition) is 2. The SMILES string of the molecule is CC(=O)C(c1ccccc1)N1CC2=C(C=CCC2)C1=O. The number of carbonyl (C=O) groups excluding carboxylic acids is 2. The summed E-state index contributed by atoms with van der Waals surface area (Å²) in [7, 11) is 0. The number of benzene rings is 1. The average molecular weight is 267 g/mol. The third-order valence-electron chi connectivity index (χ3n) is 3.94. The predicted molar refractivity (Wildman–Crippen MR) is 77.0 cm³/mol. The van der Waals surface area contributed by atoms with Crippen LogP contribution in [0.4, 0.5) is 0 Å². The van der Waals surface area contributed by atoms with Crippen LogP contribution in [0.2, 0.25) is 0 Å². The summed E-state index contributed by atoms with van der Waals surface area (Å²) in [5.41, 5.74) is 2.84. The zero-order valence-corrected chi connectivity index (χ0v) is 11.5. The predicted octanol–water partition coefficient (Wildman–Crippen LogP) is 2.81. The Labute approximate surface area is 118 Å². The smallest absolute Gasteiger partial charge is 0.255 e. The second kappa shape index (κ2) is 5.08. The molecule has 1 aromatic rings. The number of amides is 1. The lowest BCUT2D eigenvalue weighted by atomic mass is 10.0. The van der Waals surface area contributed by atoms with Crippen molar-refractivity contribution < 1.29 is 9.59 Å². The fourth-order valence-electron chi connectivity index (χ4n) is 3.01. The molecule has 1 amide bonds. The molecule has 3 rings (SSSR count). The van der Waals surface area contributed by atoms with E-state index in [1.807, 2.05) is 42.5 Å². The lowest BCUT2D eigenvalue weighted by molar-refractivity contribution is -0.134. The number of hydrogen-bond donors (Lipinski definition) is 0. The maximum atomic E-state index is 12.5. The Morgan fingerprint density at radius 3 is 2.65 bits per heavy atom. The van der Waals surface area contributed by atoms with Crippen LogP contribution in [0.15, 0.2) is 53.6 Å². The van der Waals surface area contributed by atoms with Gasteiger partial charge in [0.05, 0.1) is 0 Å². The average Bonchev–Trinajstić information content (AvgIpc) is 2.78. The van der Waals surface area contributed by atoms with E-state index >= 15 is 0 Å². The van der Waals surface area contributed by atoms with E-state index in [9.17, 15) is 9.59 Å². The van der Waals surface area contributed by atoms with Crippen LogP contribution in [0.3, 0.4) is 0 Å². The summed E-state index contributed by atoms with van der Waals surface area (Å²) in [6, 6.07) is 9.07. The number of nitrogens with zero attached hydrogens (tertiary/aromatic N) is 1. The molecule has 1 aliphatic carbocycles. The van der Waals surface area contributed by atoms with Crippen molar-refractivity contribution in [2.24, 2.45) is 0 Å². The van der Waals surface area contributed by atoms with E-state index in [0.717, 1.165) is 24.0 Å². The maximum Gasteiger partial charge on any atom is 0.255 e. The molecule has 1 aliphatic heterocycles. The maximum absolute atomic E-state index is 12.5. The van der Waals surface area contributed by atoms with E-state index in [4.69, 9.17) is 0 Å². The molecular weight excluding hydrogens is 250 g/mol. The lowest BCUT2D eigenvalue weighted by Crippen LogP contribution is -2.35. The summed E-state index contributed by atoms with van der Waals surface area (Å²) in [5.74, 6) is -0.00613. The highest BCUT2D eigenvalue weighted by molar-refractivity contribution is 6.02. The topological polar surface area (TPSA) is 37.4 Å². The molecule has 102 valence electrons. The molecule has 0 aromatic heterocycles. The van der Waals surface area contributed by atoms with Gasteiger partial charge in [0, 0.05) is 12.1 Å². The molecule has 1 aromatic carbocycles. The molecule has 1 unspecified atom stereocenters. The summed E-state index contributed by atoms with van der Waals surface area (Å²) < 4.78 is 0. The zero-order chi connectivity index (χ0) is 14.1. The lowest BCUT2D eigenvalue weighted by Gasteiger charge is -2.26. The van der Waals surface area contributed by atoms with Crippen molar-refractivity contribution in [3.05, 3.63) is 59.2 Å². The van der Waals surface area contributed by atoms with Gasteiger partial charge in [-0.2, -0.15) is 0 Å².